The van der Waals surface area contributed by atoms with Gasteiger partial charge < -0.3 is 24.7 Å². The number of amides is 2. The minimum atomic E-state index is -4.52. The first kappa shape index (κ1) is 28.3. The van der Waals surface area contributed by atoms with E-state index >= 15 is 0 Å². The Morgan fingerprint density at radius 1 is 1.23 bits per heavy atom. The molecule has 0 saturated carbocycles. The maximum Gasteiger partial charge on any atom is 0.449 e. The fourth-order valence-electron chi connectivity index (χ4n) is 3.11. The van der Waals surface area contributed by atoms with Crippen LogP contribution < -0.4 is 15.4 Å². The van der Waals surface area contributed by atoms with Crippen molar-refractivity contribution in [2.24, 2.45) is 11.7 Å². The number of imidazole rings is 1. The molecule has 3 aromatic rings. The monoisotopic (exact) mass is 511 g/mol. The van der Waals surface area contributed by atoms with Gasteiger partial charge in [0, 0.05) is 43.6 Å². The lowest BCUT2D eigenvalue weighted by Crippen LogP contribution is -2.19. The van der Waals surface area contributed by atoms with Gasteiger partial charge in [-0.3, -0.25) is 0 Å². The van der Waals surface area contributed by atoms with Gasteiger partial charge in [-0.2, -0.15) is 13.2 Å². The van der Waals surface area contributed by atoms with Crippen LogP contribution >= 0.6 is 11.9 Å². The van der Waals surface area contributed by atoms with Crippen LogP contribution in [0.25, 0.3) is 11.0 Å². The number of ether oxygens (including phenoxy) is 1. The predicted molar refractivity (Wildman–Crippen MR) is 136 cm³/mol. The van der Waals surface area contributed by atoms with Gasteiger partial charge in [0.1, 0.15) is 0 Å². The molecule has 0 aliphatic heterocycles. The van der Waals surface area contributed by atoms with Gasteiger partial charge >= 0.3 is 12.2 Å². The Morgan fingerprint density at radius 3 is 2.37 bits per heavy atom. The van der Waals surface area contributed by atoms with Crippen LogP contribution in [0.4, 0.5) is 29.3 Å². The van der Waals surface area contributed by atoms with Crippen LogP contribution in [0, 0.1) is 5.92 Å². The minimum absolute atomic E-state index is 0.100. The molecule has 0 aliphatic rings. The highest BCUT2D eigenvalue weighted by Crippen LogP contribution is 2.35. The van der Waals surface area contributed by atoms with E-state index in [4.69, 9.17) is 5.73 Å². The van der Waals surface area contributed by atoms with Crippen LogP contribution in [0.15, 0.2) is 47.4 Å². The Kier molecular flexibility index (Phi) is 10.3. The second kappa shape index (κ2) is 12.7. The highest BCUT2D eigenvalue weighted by Gasteiger charge is 2.37. The first-order valence-electron chi connectivity index (χ1n) is 11.1. The number of anilines is 2. The Hall–Kier alpha value is -2.92. The molecule has 11 heteroatoms. The van der Waals surface area contributed by atoms with Crippen molar-refractivity contribution in [1.29, 1.82) is 0 Å². The molecule has 7 nitrogen and oxygen atoms in total. The van der Waals surface area contributed by atoms with Crippen LogP contribution in [0.1, 0.15) is 33.0 Å². The first-order chi connectivity index (χ1) is 16.5. The molecule has 2 aromatic carbocycles. The molecule has 1 atom stereocenters. The molecule has 2 amide bonds. The van der Waals surface area contributed by atoms with Crippen LogP contribution in [0.5, 0.6) is 0 Å². The molecular formula is C24H32F3N5O2S. The maximum atomic E-state index is 13.6. The number of carbonyl (C=O) groups excluding carboxylic acids is 1. The number of aromatic nitrogens is 2. The lowest BCUT2D eigenvalue weighted by atomic mass is 10.1. The van der Waals surface area contributed by atoms with E-state index in [0.717, 1.165) is 23.6 Å². The summed E-state index contributed by atoms with van der Waals surface area (Å²) in [6.45, 7) is 6.92. The molecule has 35 heavy (non-hydrogen) atoms. The zero-order valence-corrected chi connectivity index (χ0v) is 21.3. The lowest BCUT2D eigenvalue weighted by molar-refractivity contribution is -0.147. The highest BCUT2D eigenvalue weighted by molar-refractivity contribution is 8.00. The highest BCUT2D eigenvalue weighted by atomic mass is 32.2. The van der Waals surface area contributed by atoms with E-state index in [2.05, 4.69) is 15.0 Å². The molecule has 0 fully saturated rings. The fraction of sp³-hybridized carbons (Fsp3) is 0.417. The largest absolute Gasteiger partial charge is 0.449 e. The molecular weight excluding hydrogens is 479 g/mol. The van der Waals surface area contributed by atoms with Crippen LogP contribution in [-0.2, 0) is 17.5 Å². The van der Waals surface area contributed by atoms with E-state index in [1.807, 2.05) is 44.3 Å². The van der Waals surface area contributed by atoms with E-state index in [1.165, 1.54) is 16.5 Å². The van der Waals surface area contributed by atoms with Crippen LogP contribution in [0.2, 0.25) is 0 Å². The number of nitrogens with two attached hydrogens (primary N) is 1. The number of urea groups is 1. The van der Waals surface area contributed by atoms with E-state index < -0.39 is 18.0 Å². The molecule has 1 aromatic heterocycles. The summed E-state index contributed by atoms with van der Waals surface area (Å²) < 4.78 is 48.4. The van der Waals surface area contributed by atoms with Crippen molar-refractivity contribution in [3.05, 3.63) is 48.3 Å². The summed E-state index contributed by atoms with van der Waals surface area (Å²) in [5.41, 5.74) is 7.17. The summed E-state index contributed by atoms with van der Waals surface area (Å²) in [4.78, 5) is 15.7. The molecule has 0 saturated heterocycles. The molecule has 3 N–H and O–H groups in total. The zero-order valence-electron chi connectivity index (χ0n) is 20.5. The topological polar surface area (TPSA) is 85.4 Å². The van der Waals surface area contributed by atoms with Crippen molar-refractivity contribution in [1.82, 2.24) is 9.55 Å². The Morgan fingerprint density at radius 2 is 1.86 bits per heavy atom. The van der Waals surface area contributed by atoms with E-state index in [0.29, 0.717) is 16.7 Å². The second-order valence-electron chi connectivity index (χ2n) is 7.91. The normalized spacial score (nSPS) is 12.1. The third-order valence-electron chi connectivity index (χ3n) is 5.19. The molecule has 0 radical (unpaired) electrons. The summed E-state index contributed by atoms with van der Waals surface area (Å²) in [5, 5.41) is 2.49. The average Bonchev–Trinajstić information content (AvgIpc) is 3.18. The number of methoxy groups -OCH3 is 1. The Balaban J connectivity index is 0.00000100. The number of primary amides is 1. The quantitative estimate of drug-likeness (QED) is 0.343. The van der Waals surface area contributed by atoms with E-state index in [1.54, 1.807) is 37.4 Å². The average molecular weight is 512 g/mol. The molecule has 0 aliphatic carbocycles. The lowest BCUT2D eigenvalue weighted by Gasteiger charge is -2.18. The number of benzene rings is 2. The zero-order chi connectivity index (χ0) is 26.2. The number of nitrogens with zero attached hydrogens (tertiary/aromatic N) is 3. The summed E-state index contributed by atoms with van der Waals surface area (Å²) >= 11 is 1.40. The number of carbonyl (C=O) groups is 1. The van der Waals surface area contributed by atoms with Gasteiger partial charge in [0.15, 0.2) is 0 Å². The smallest absolute Gasteiger partial charge is 0.385 e. The van der Waals surface area contributed by atoms with Crippen molar-refractivity contribution >= 4 is 40.4 Å². The first-order valence-corrected chi connectivity index (χ1v) is 11.9. The SMILES string of the molecule is CCC(C)Cn1c(C(F)(F)F)nc2cc(N(C)Sc3ccc(NC(N)=O)cc3)ccc21.CCOC. The number of fused-ring (bicyclic) bond motifs is 1. The molecule has 192 valence electrons. The predicted octanol–water partition coefficient (Wildman–Crippen LogP) is 6.39. The summed E-state index contributed by atoms with van der Waals surface area (Å²) in [6.07, 6.45) is -3.74. The van der Waals surface area contributed by atoms with Crippen molar-refractivity contribution in [2.45, 2.75) is 44.8 Å². The number of nitrogens with one attached hydrogen (secondary N) is 1. The molecule has 0 bridgehead atoms. The van der Waals surface area contributed by atoms with Crippen molar-refractivity contribution < 1.29 is 22.7 Å². The summed E-state index contributed by atoms with van der Waals surface area (Å²) in [6, 6.07) is 11.6. The third-order valence-corrected chi connectivity index (χ3v) is 6.16. The van der Waals surface area contributed by atoms with Crippen molar-refractivity contribution in [3.8, 4) is 0 Å². The number of hydrogen-bond acceptors (Lipinski definition) is 5. The van der Waals surface area contributed by atoms with E-state index in [-0.39, 0.29) is 12.5 Å². The number of halogens is 3. The second-order valence-corrected chi connectivity index (χ2v) is 9.11. The van der Waals surface area contributed by atoms with Gasteiger partial charge in [-0.15, -0.1) is 0 Å². The third kappa shape index (κ3) is 8.07. The minimum Gasteiger partial charge on any atom is -0.385 e. The van der Waals surface area contributed by atoms with Gasteiger partial charge in [0.2, 0.25) is 5.82 Å². The standard InChI is InChI=1S/C21H24F3N5OS.C3H8O/c1-4-13(2)12-29-18-10-7-15(11-17(18)27-19(29)21(22,23)24)28(3)31-16-8-5-14(6-9-16)26-20(25)30;1-3-4-2/h5-11,13H,4,12H2,1-3H3,(H3,25,26,30);3H2,1-2H3. The van der Waals surface area contributed by atoms with Crippen LogP contribution in [-0.4, -0.2) is 36.3 Å². The Labute approximate surface area is 208 Å². The van der Waals surface area contributed by atoms with Crippen molar-refractivity contribution in [2.75, 3.05) is 30.4 Å². The van der Waals surface area contributed by atoms with Gasteiger partial charge in [-0.1, -0.05) is 20.3 Å². The fourth-order valence-corrected chi connectivity index (χ4v) is 3.90. The molecule has 0 spiro atoms. The summed E-state index contributed by atoms with van der Waals surface area (Å²) in [7, 11) is 3.50. The molecule has 1 unspecified atom stereocenters. The number of alkyl halides is 3. The van der Waals surface area contributed by atoms with E-state index in [9.17, 15) is 18.0 Å². The van der Waals surface area contributed by atoms with Gasteiger partial charge in [0.05, 0.1) is 11.0 Å². The molecule has 3 rings (SSSR count). The molecule has 1 heterocycles. The van der Waals surface area contributed by atoms with Gasteiger partial charge in [0.25, 0.3) is 0 Å². The van der Waals surface area contributed by atoms with Crippen LogP contribution in [0.3, 0.4) is 0 Å². The van der Waals surface area contributed by atoms with Gasteiger partial charge in [-0.25, -0.2) is 9.78 Å². The van der Waals surface area contributed by atoms with Crippen molar-refractivity contribution in [3.63, 3.8) is 0 Å². The number of rotatable bonds is 8. The number of hydrogen-bond donors (Lipinski definition) is 2. The maximum absolute atomic E-state index is 13.6. The Bertz CT molecular complexity index is 1100. The summed E-state index contributed by atoms with van der Waals surface area (Å²) in [5.74, 6) is -0.767. The van der Waals surface area contributed by atoms with Gasteiger partial charge in [-0.05, 0) is 67.3 Å².